The van der Waals surface area contributed by atoms with Crippen LogP contribution in [0.3, 0.4) is 0 Å². The molecule has 0 bridgehead atoms. The zero-order valence-corrected chi connectivity index (χ0v) is 12.1. The number of aryl methyl sites for hydroxylation is 1. The second-order valence-corrected chi connectivity index (χ2v) is 4.85. The van der Waals surface area contributed by atoms with Gasteiger partial charge in [0.05, 0.1) is 11.6 Å². The molecule has 0 aliphatic rings. The maximum absolute atomic E-state index is 11.8. The monoisotopic (exact) mass is 300 g/mol. The van der Waals surface area contributed by atoms with Gasteiger partial charge in [-0.05, 0) is 48.9 Å². The highest BCUT2D eigenvalue weighted by Gasteiger charge is 2.05. The molecule has 0 atom stereocenters. The number of nitrogens with zero attached hydrogens (tertiary/aromatic N) is 1. The zero-order chi connectivity index (χ0) is 15.2. The normalized spacial score (nSPS) is 9.76. The number of anilines is 1. The highest BCUT2D eigenvalue weighted by atomic mass is 35.5. The van der Waals surface area contributed by atoms with Crippen molar-refractivity contribution >= 4 is 23.2 Å². The summed E-state index contributed by atoms with van der Waals surface area (Å²) in [6.45, 7) is 1.75. The second kappa shape index (κ2) is 6.78. The van der Waals surface area contributed by atoms with Crippen molar-refractivity contribution in [3.63, 3.8) is 0 Å². The third-order valence-corrected chi connectivity index (χ3v) is 3.20. The van der Waals surface area contributed by atoms with E-state index in [0.29, 0.717) is 22.0 Å². The summed E-state index contributed by atoms with van der Waals surface area (Å²) in [7, 11) is 0. The average molecular weight is 301 g/mol. The van der Waals surface area contributed by atoms with E-state index in [4.69, 9.17) is 21.6 Å². The maximum atomic E-state index is 11.8. The minimum absolute atomic E-state index is 0.113. The zero-order valence-electron chi connectivity index (χ0n) is 11.4. The lowest BCUT2D eigenvalue weighted by Gasteiger charge is -2.08. The molecule has 2 aromatic carbocycles. The van der Waals surface area contributed by atoms with Gasteiger partial charge in [0.25, 0.3) is 5.91 Å². The third kappa shape index (κ3) is 4.23. The van der Waals surface area contributed by atoms with Gasteiger partial charge < -0.3 is 10.1 Å². The summed E-state index contributed by atoms with van der Waals surface area (Å²) in [6, 6.07) is 13.9. The minimum Gasteiger partial charge on any atom is -0.484 e. The number of hydrogen-bond acceptors (Lipinski definition) is 3. The fraction of sp³-hybridized carbons (Fsp3) is 0.125. The number of nitriles is 1. The standard InChI is InChI=1S/C16H13ClN2O2/c1-11-7-14(5-6-15(11)17)21-10-16(20)19-13-4-2-3-12(8-13)9-18/h2-8H,10H2,1H3,(H,19,20). The van der Waals surface area contributed by atoms with E-state index in [0.717, 1.165) is 5.56 Å². The Balaban J connectivity index is 1.92. The van der Waals surface area contributed by atoms with Crippen LogP contribution in [0.15, 0.2) is 42.5 Å². The SMILES string of the molecule is Cc1cc(OCC(=O)Nc2cccc(C#N)c2)ccc1Cl. The number of hydrogen-bond donors (Lipinski definition) is 1. The van der Waals surface area contributed by atoms with Crippen molar-refractivity contribution in [1.29, 1.82) is 5.26 Å². The predicted octanol–water partition coefficient (Wildman–Crippen LogP) is 3.54. The van der Waals surface area contributed by atoms with E-state index in [1.54, 1.807) is 42.5 Å². The lowest BCUT2D eigenvalue weighted by atomic mass is 10.2. The Labute approximate surface area is 127 Å². The number of nitrogens with one attached hydrogen (secondary N) is 1. The Hall–Kier alpha value is -2.51. The average Bonchev–Trinajstić information content (AvgIpc) is 2.48. The number of rotatable bonds is 4. The Morgan fingerprint density at radius 3 is 2.86 bits per heavy atom. The summed E-state index contributed by atoms with van der Waals surface area (Å²) in [5.41, 5.74) is 1.94. The molecule has 2 aromatic rings. The molecule has 1 N–H and O–H groups in total. The molecular weight excluding hydrogens is 288 g/mol. The van der Waals surface area contributed by atoms with Crippen LogP contribution < -0.4 is 10.1 Å². The Morgan fingerprint density at radius 1 is 1.33 bits per heavy atom. The van der Waals surface area contributed by atoms with Crippen LogP contribution >= 0.6 is 11.6 Å². The summed E-state index contributed by atoms with van der Waals surface area (Å²) in [4.78, 5) is 11.8. The van der Waals surface area contributed by atoms with Crippen LogP contribution in [-0.2, 0) is 4.79 Å². The van der Waals surface area contributed by atoms with E-state index in [9.17, 15) is 4.79 Å². The quantitative estimate of drug-likeness (QED) is 0.939. The smallest absolute Gasteiger partial charge is 0.262 e. The van der Waals surface area contributed by atoms with Gasteiger partial charge in [-0.25, -0.2) is 0 Å². The number of halogens is 1. The molecule has 0 spiro atoms. The van der Waals surface area contributed by atoms with Gasteiger partial charge in [0.1, 0.15) is 5.75 Å². The van der Waals surface area contributed by atoms with Crippen LogP contribution in [0.5, 0.6) is 5.75 Å². The van der Waals surface area contributed by atoms with Crippen LogP contribution in [0.25, 0.3) is 0 Å². The lowest BCUT2D eigenvalue weighted by Crippen LogP contribution is -2.20. The molecule has 4 nitrogen and oxygen atoms in total. The predicted molar refractivity (Wildman–Crippen MR) is 81.5 cm³/mol. The molecule has 21 heavy (non-hydrogen) atoms. The first-order valence-corrected chi connectivity index (χ1v) is 6.65. The van der Waals surface area contributed by atoms with E-state index in [1.165, 1.54) is 0 Å². The van der Waals surface area contributed by atoms with Gasteiger partial charge >= 0.3 is 0 Å². The van der Waals surface area contributed by atoms with Crippen molar-refractivity contribution in [1.82, 2.24) is 0 Å². The second-order valence-electron chi connectivity index (χ2n) is 4.44. The number of carbonyl (C=O) groups excluding carboxylic acids is 1. The first-order valence-electron chi connectivity index (χ1n) is 6.27. The summed E-state index contributed by atoms with van der Waals surface area (Å²) in [5, 5.41) is 12.1. The van der Waals surface area contributed by atoms with E-state index in [2.05, 4.69) is 5.32 Å². The van der Waals surface area contributed by atoms with Gasteiger partial charge in [-0.3, -0.25) is 4.79 Å². The van der Waals surface area contributed by atoms with Gasteiger partial charge in [0.15, 0.2) is 6.61 Å². The molecule has 0 heterocycles. The van der Waals surface area contributed by atoms with Crippen molar-refractivity contribution < 1.29 is 9.53 Å². The molecule has 0 fully saturated rings. The fourth-order valence-corrected chi connectivity index (χ4v) is 1.84. The van der Waals surface area contributed by atoms with Crippen LogP contribution in [-0.4, -0.2) is 12.5 Å². The number of amides is 1. The fourth-order valence-electron chi connectivity index (χ4n) is 1.72. The van der Waals surface area contributed by atoms with Gasteiger partial charge in [-0.2, -0.15) is 5.26 Å². The van der Waals surface area contributed by atoms with Gasteiger partial charge in [0.2, 0.25) is 0 Å². The Kier molecular flexibility index (Phi) is 4.81. The molecule has 0 aliphatic heterocycles. The molecule has 0 saturated carbocycles. The summed E-state index contributed by atoms with van der Waals surface area (Å²) in [6.07, 6.45) is 0. The van der Waals surface area contributed by atoms with Crippen LogP contribution in [0.4, 0.5) is 5.69 Å². The molecule has 1 amide bonds. The molecule has 0 saturated heterocycles. The molecule has 0 aliphatic carbocycles. The van der Waals surface area contributed by atoms with Crippen LogP contribution in [0.1, 0.15) is 11.1 Å². The molecule has 0 aromatic heterocycles. The Morgan fingerprint density at radius 2 is 2.14 bits per heavy atom. The van der Waals surface area contributed by atoms with Crippen LogP contribution in [0, 0.1) is 18.3 Å². The summed E-state index contributed by atoms with van der Waals surface area (Å²) in [5.74, 6) is 0.288. The molecule has 2 rings (SSSR count). The third-order valence-electron chi connectivity index (χ3n) is 2.77. The molecule has 5 heteroatoms. The topological polar surface area (TPSA) is 62.1 Å². The van der Waals surface area contributed by atoms with Gasteiger partial charge in [0, 0.05) is 10.7 Å². The molecule has 106 valence electrons. The Bertz CT molecular complexity index is 708. The minimum atomic E-state index is -0.294. The van der Waals surface area contributed by atoms with Crippen molar-refractivity contribution in [3.8, 4) is 11.8 Å². The molecule has 0 unspecified atom stereocenters. The molecular formula is C16H13ClN2O2. The first kappa shape index (κ1) is 14.9. The van der Waals surface area contributed by atoms with Crippen molar-refractivity contribution in [2.24, 2.45) is 0 Å². The highest BCUT2D eigenvalue weighted by Crippen LogP contribution is 2.21. The van der Waals surface area contributed by atoms with Crippen molar-refractivity contribution in [2.75, 3.05) is 11.9 Å². The maximum Gasteiger partial charge on any atom is 0.262 e. The van der Waals surface area contributed by atoms with Crippen molar-refractivity contribution in [2.45, 2.75) is 6.92 Å². The number of ether oxygens (including phenoxy) is 1. The van der Waals surface area contributed by atoms with Crippen LogP contribution in [0.2, 0.25) is 5.02 Å². The van der Waals surface area contributed by atoms with E-state index < -0.39 is 0 Å². The first-order chi connectivity index (χ1) is 10.1. The number of benzene rings is 2. The highest BCUT2D eigenvalue weighted by molar-refractivity contribution is 6.31. The van der Waals surface area contributed by atoms with E-state index >= 15 is 0 Å². The van der Waals surface area contributed by atoms with Crippen molar-refractivity contribution in [3.05, 3.63) is 58.6 Å². The summed E-state index contributed by atoms with van der Waals surface area (Å²) < 4.78 is 5.40. The number of carbonyl (C=O) groups is 1. The molecule has 0 radical (unpaired) electrons. The van der Waals surface area contributed by atoms with E-state index in [1.807, 2.05) is 13.0 Å². The largest absolute Gasteiger partial charge is 0.484 e. The van der Waals surface area contributed by atoms with E-state index in [-0.39, 0.29) is 12.5 Å². The van der Waals surface area contributed by atoms with Gasteiger partial charge in [-0.15, -0.1) is 0 Å². The summed E-state index contributed by atoms with van der Waals surface area (Å²) >= 11 is 5.92. The van der Waals surface area contributed by atoms with Gasteiger partial charge in [-0.1, -0.05) is 17.7 Å². The lowest BCUT2D eigenvalue weighted by molar-refractivity contribution is -0.118.